The quantitative estimate of drug-likeness (QED) is 0.876. The van der Waals surface area contributed by atoms with Gasteiger partial charge in [-0.1, -0.05) is 22.0 Å². The van der Waals surface area contributed by atoms with Crippen molar-refractivity contribution in [3.05, 3.63) is 34.5 Å². The molecule has 0 radical (unpaired) electrons. The first kappa shape index (κ1) is 8.78. The highest BCUT2D eigenvalue weighted by molar-refractivity contribution is 9.10. The van der Waals surface area contributed by atoms with E-state index in [9.17, 15) is 0 Å². The molecule has 1 aromatic heterocycles. The SMILES string of the molecule is OCCc1coc2cccc(Br)c12. The number of aliphatic hydroxyl groups excluding tert-OH is 1. The van der Waals surface area contributed by atoms with E-state index in [-0.39, 0.29) is 6.61 Å². The van der Waals surface area contributed by atoms with E-state index in [4.69, 9.17) is 9.52 Å². The molecule has 0 saturated carbocycles. The van der Waals surface area contributed by atoms with Gasteiger partial charge in [0.15, 0.2) is 0 Å². The van der Waals surface area contributed by atoms with Gasteiger partial charge in [-0.15, -0.1) is 0 Å². The van der Waals surface area contributed by atoms with Crippen LogP contribution in [0.1, 0.15) is 5.56 Å². The lowest BCUT2D eigenvalue weighted by molar-refractivity contribution is 0.299. The van der Waals surface area contributed by atoms with Crippen molar-refractivity contribution >= 4 is 26.9 Å². The molecule has 0 fully saturated rings. The molecule has 0 amide bonds. The molecule has 2 aromatic rings. The molecule has 2 nitrogen and oxygen atoms in total. The van der Waals surface area contributed by atoms with Crippen molar-refractivity contribution in [2.75, 3.05) is 6.61 Å². The Morgan fingerprint density at radius 3 is 3.00 bits per heavy atom. The molecule has 0 unspecified atom stereocenters. The highest BCUT2D eigenvalue weighted by atomic mass is 79.9. The maximum atomic E-state index is 8.83. The molecule has 2 rings (SSSR count). The first-order valence-electron chi connectivity index (χ1n) is 4.08. The van der Waals surface area contributed by atoms with Crippen molar-refractivity contribution < 1.29 is 9.52 Å². The lowest BCUT2D eigenvalue weighted by atomic mass is 10.1. The van der Waals surface area contributed by atoms with E-state index in [1.165, 1.54) is 0 Å². The Labute approximate surface area is 84.3 Å². The molecule has 0 bridgehead atoms. The average molecular weight is 241 g/mol. The molecule has 0 aliphatic carbocycles. The van der Waals surface area contributed by atoms with Gasteiger partial charge in [-0.05, 0) is 18.6 Å². The third-order valence-electron chi connectivity index (χ3n) is 2.01. The van der Waals surface area contributed by atoms with E-state index < -0.39 is 0 Å². The molecule has 0 aliphatic heterocycles. The van der Waals surface area contributed by atoms with Gasteiger partial charge in [0.2, 0.25) is 0 Å². The summed E-state index contributed by atoms with van der Waals surface area (Å²) in [6, 6.07) is 5.82. The van der Waals surface area contributed by atoms with Crippen LogP contribution >= 0.6 is 15.9 Å². The second-order valence-electron chi connectivity index (χ2n) is 2.85. The maximum Gasteiger partial charge on any atom is 0.135 e. The molecule has 0 spiro atoms. The lowest BCUT2D eigenvalue weighted by Crippen LogP contribution is -1.88. The van der Waals surface area contributed by atoms with Gasteiger partial charge >= 0.3 is 0 Å². The van der Waals surface area contributed by atoms with Gasteiger partial charge in [0.05, 0.1) is 6.26 Å². The molecule has 0 saturated heterocycles. The van der Waals surface area contributed by atoms with Crippen LogP contribution in [0, 0.1) is 0 Å². The molecule has 68 valence electrons. The summed E-state index contributed by atoms with van der Waals surface area (Å²) >= 11 is 3.46. The van der Waals surface area contributed by atoms with Crippen LogP contribution < -0.4 is 0 Å². The van der Waals surface area contributed by atoms with Crippen LogP contribution in [-0.4, -0.2) is 11.7 Å². The van der Waals surface area contributed by atoms with E-state index in [2.05, 4.69) is 15.9 Å². The van der Waals surface area contributed by atoms with Crippen molar-refractivity contribution in [2.45, 2.75) is 6.42 Å². The minimum Gasteiger partial charge on any atom is -0.464 e. The van der Waals surface area contributed by atoms with E-state index in [0.717, 1.165) is 21.0 Å². The Hall–Kier alpha value is -0.800. The number of aliphatic hydroxyl groups is 1. The van der Waals surface area contributed by atoms with Gasteiger partial charge < -0.3 is 9.52 Å². The van der Waals surface area contributed by atoms with Crippen LogP contribution in [0.5, 0.6) is 0 Å². The van der Waals surface area contributed by atoms with Gasteiger partial charge in [-0.2, -0.15) is 0 Å². The van der Waals surface area contributed by atoms with Crippen molar-refractivity contribution in [3.63, 3.8) is 0 Å². The molecule has 1 N–H and O–H groups in total. The van der Waals surface area contributed by atoms with Crippen molar-refractivity contribution in [1.82, 2.24) is 0 Å². The number of hydrogen-bond acceptors (Lipinski definition) is 2. The third kappa shape index (κ3) is 1.49. The van der Waals surface area contributed by atoms with E-state index >= 15 is 0 Å². The first-order valence-corrected chi connectivity index (χ1v) is 4.87. The zero-order valence-electron chi connectivity index (χ0n) is 6.96. The van der Waals surface area contributed by atoms with Crippen molar-refractivity contribution in [3.8, 4) is 0 Å². The topological polar surface area (TPSA) is 33.4 Å². The van der Waals surface area contributed by atoms with E-state index in [0.29, 0.717) is 6.42 Å². The fraction of sp³-hybridized carbons (Fsp3) is 0.200. The second-order valence-corrected chi connectivity index (χ2v) is 3.70. The van der Waals surface area contributed by atoms with Crippen molar-refractivity contribution in [1.29, 1.82) is 0 Å². The van der Waals surface area contributed by atoms with Crippen molar-refractivity contribution in [2.24, 2.45) is 0 Å². The normalized spacial score (nSPS) is 10.9. The average Bonchev–Trinajstić information content (AvgIpc) is 2.51. The van der Waals surface area contributed by atoms with Crippen LogP contribution in [0.25, 0.3) is 11.0 Å². The largest absolute Gasteiger partial charge is 0.464 e. The fourth-order valence-electron chi connectivity index (χ4n) is 1.41. The lowest BCUT2D eigenvalue weighted by Gasteiger charge is -1.95. The fourth-order valence-corrected chi connectivity index (χ4v) is 2.01. The predicted octanol–water partition coefficient (Wildman–Crippen LogP) is 2.73. The van der Waals surface area contributed by atoms with Gasteiger partial charge in [-0.25, -0.2) is 0 Å². The minimum atomic E-state index is 0.149. The zero-order chi connectivity index (χ0) is 9.26. The molecule has 13 heavy (non-hydrogen) atoms. The van der Waals surface area contributed by atoms with Gasteiger partial charge in [0.1, 0.15) is 5.58 Å². The Morgan fingerprint density at radius 1 is 1.38 bits per heavy atom. The Bertz CT molecular complexity index is 420. The van der Waals surface area contributed by atoms with Crippen LogP contribution in [0.3, 0.4) is 0 Å². The molecule has 3 heteroatoms. The van der Waals surface area contributed by atoms with Crippen LogP contribution in [0.2, 0.25) is 0 Å². The highest BCUT2D eigenvalue weighted by Crippen LogP contribution is 2.28. The Kier molecular flexibility index (Phi) is 2.38. The number of halogens is 1. The number of benzene rings is 1. The third-order valence-corrected chi connectivity index (χ3v) is 2.67. The molecular weight excluding hydrogens is 232 g/mol. The molecule has 1 aromatic carbocycles. The van der Waals surface area contributed by atoms with Gasteiger partial charge in [0.25, 0.3) is 0 Å². The number of hydrogen-bond donors (Lipinski definition) is 1. The molecule has 1 heterocycles. The van der Waals surface area contributed by atoms with Crippen LogP contribution in [0.15, 0.2) is 33.4 Å². The zero-order valence-corrected chi connectivity index (χ0v) is 8.54. The summed E-state index contributed by atoms with van der Waals surface area (Å²) in [6.07, 6.45) is 2.33. The summed E-state index contributed by atoms with van der Waals surface area (Å²) in [4.78, 5) is 0. The van der Waals surface area contributed by atoms with E-state index in [1.54, 1.807) is 6.26 Å². The standard InChI is InChI=1S/C10H9BrO2/c11-8-2-1-3-9-10(8)7(4-5-12)6-13-9/h1-3,6,12H,4-5H2. The molecule has 0 atom stereocenters. The summed E-state index contributed by atoms with van der Waals surface area (Å²) in [6.45, 7) is 0.149. The van der Waals surface area contributed by atoms with Crippen LogP contribution in [-0.2, 0) is 6.42 Å². The summed E-state index contributed by atoms with van der Waals surface area (Å²) in [5.74, 6) is 0. The van der Waals surface area contributed by atoms with Gasteiger partial charge in [0, 0.05) is 22.0 Å². The monoisotopic (exact) mass is 240 g/mol. The Morgan fingerprint density at radius 2 is 2.23 bits per heavy atom. The summed E-state index contributed by atoms with van der Waals surface area (Å²) < 4.78 is 6.36. The predicted molar refractivity (Wildman–Crippen MR) is 54.7 cm³/mol. The molecule has 0 aliphatic rings. The Balaban J connectivity index is 2.64. The smallest absolute Gasteiger partial charge is 0.135 e. The highest BCUT2D eigenvalue weighted by Gasteiger charge is 2.07. The molecular formula is C10H9BrO2. The number of rotatable bonds is 2. The second kappa shape index (κ2) is 3.52. The minimum absolute atomic E-state index is 0.149. The summed E-state index contributed by atoms with van der Waals surface area (Å²) in [5, 5.41) is 9.90. The summed E-state index contributed by atoms with van der Waals surface area (Å²) in [5.41, 5.74) is 1.91. The van der Waals surface area contributed by atoms with Gasteiger partial charge in [-0.3, -0.25) is 0 Å². The maximum absolute atomic E-state index is 8.83. The van der Waals surface area contributed by atoms with Crippen LogP contribution in [0.4, 0.5) is 0 Å². The number of furan rings is 1. The first-order chi connectivity index (χ1) is 6.33. The summed E-state index contributed by atoms with van der Waals surface area (Å²) in [7, 11) is 0. The van der Waals surface area contributed by atoms with E-state index in [1.807, 2.05) is 18.2 Å². The number of fused-ring (bicyclic) bond motifs is 1.